The highest BCUT2D eigenvalue weighted by molar-refractivity contribution is 5.14. The number of rotatable bonds is 5. The predicted molar refractivity (Wildman–Crippen MR) is 52.5 cm³/mol. The number of hydrogen-bond donors (Lipinski definition) is 1. The van der Waals surface area contributed by atoms with E-state index in [0.717, 1.165) is 12.0 Å². The molecule has 0 atom stereocenters. The van der Waals surface area contributed by atoms with Gasteiger partial charge in [-0.1, -0.05) is 29.9 Å². The van der Waals surface area contributed by atoms with Crippen LogP contribution in [-0.2, 0) is 4.84 Å². The molecule has 2 nitrogen and oxygen atoms in total. The summed E-state index contributed by atoms with van der Waals surface area (Å²) in [6.07, 6.45) is 6.83. The molecule has 0 fully saturated rings. The lowest BCUT2D eigenvalue weighted by Gasteiger charge is -1.97. The Morgan fingerprint density at radius 2 is 2.17 bits per heavy atom. The molecular formula is C10H17NO. The van der Waals surface area contributed by atoms with Crippen molar-refractivity contribution in [3.63, 3.8) is 0 Å². The monoisotopic (exact) mass is 167 g/mol. The topological polar surface area (TPSA) is 21.3 Å². The van der Waals surface area contributed by atoms with Gasteiger partial charge in [-0.3, -0.25) is 10.3 Å². The van der Waals surface area contributed by atoms with Gasteiger partial charge in [-0.15, -0.1) is 0 Å². The second kappa shape index (κ2) is 6.68. The van der Waals surface area contributed by atoms with E-state index in [1.54, 1.807) is 7.11 Å². The molecule has 0 amide bonds. The van der Waals surface area contributed by atoms with Crippen molar-refractivity contribution in [2.45, 2.75) is 20.3 Å². The first-order valence-electron chi connectivity index (χ1n) is 3.93. The molecule has 0 aliphatic rings. The molecule has 0 spiro atoms. The Morgan fingerprint density at radius 1 is 1.50 bits per heavy atom. The van der Waals surface area contributed by atoms with Crippen LogP contribution in [0.25, 0.3) is 0 Å². The van der Waals surface area contributed by atoms with Crippen LogP contribution in [0.1, 0.15) is 20.3 Å². The van der Waals surface area contributed by atoms with Crippen molar-refractivity contribution < 1.29 is 4.84 Å². The molecular weight excluding hydrogens is 150 g/mol. The Hall–Kier alpha value is -1.02. The van der Waals surface area contributed by atoms with Gasteiger partial charge in [0.05, 0.1) is 7.11 Å². The van der Waals surface area contributed by atoms with Crippen LogP contribution in [0, 0.1) is 0 Å². The summed E-state index contributed by atoms with van der Waals surface area (Å²) in [6, 6.07) is 0. The molecule has 0 aliphatic heterocycles. The lowest BCUT2D eigenvalue weighted by Crippen LogP contribution is -2.01. The highest BCUT2D eigenvalue weighted by Crippen LogP contribution is 2.00. The van der Waals surface area contributed by atoms with E-state index in [0.29, 0.717) is 0 Å². The van der Waals surface area contributed by atoms with Gasteiger partial charge in [0.25, 0.3) is 0 Å². The molecule has 0 aliphatic carbocycles. The molecule has 0 aromatic heterocycles. The van der Waals surface area contributed by atoms with Gasteiger partial charge < -0.3 is 0 Å². The van der Waals surface area contributed by atoms with E-state index in [4.69, 9.17) is 0 Å². The van der Waals surface area contributed by atoms with Crippen molar-refractivity contribution in [3.05, 3.63) is 36.1 Å². The third-order valence-corrected chi connectivity index (χ3v) is 1.27. The van der Waals surface area contributed by atoms with E-state index < -0.39 is 0 Å². The van der Waals surface area contributed by atoms with Gasteiger partial charge in [-0.2, -0.15) is 0 Å². The second-order valence-electron chi connectivity index (χ2n) is 2.77. The Balaban J connectivity index is 3.69. The van der Waals surface area contributed by atoms with E-state index in [1.807, 2.05) is 26.1 Å². The fourth-order valence-electron chi connectivity index (χ4n) is 0.664. The molecule has 68 valence electrons. The molecule has 1 N–H and O–H groups in total. The lowest BCUT2D eigenvalue weighted by atomic mass is 10.2. The van der Waals surface area contributed by atoms with E-state index >= 15 is 0 Å². The summed E-state index contributed by atoms with van der Waals surface area (Å²) in [5, 5.41) is 0. The maximum absolute atomic E-state index is 4.67. The van der Waals surface area contributed by atoms with Crippen molar-refractivity contribution in [2.75, 3.05) is 7.11 Å². The van der Waals surface area contributed by atoms with E-state index in [9.17, 15) is 0 Å². The maximum Gasteiger partial charge on any atom is 0.0636 e. The molecule has 2 heteroatoms. The maximum atomic E-state index is 4.67. The van der Waals surface area contributed by atoms with Crippen molar-refractivity contribution in [1.29, 1.82) is 0 Å². The van der Waals surface area contributed by atoms with Crippen molar-refractivity contribution >= 4 is 0 Å². The highest BCUT2D eigenvalue weighted by atomic mass is 16.6. The quantitative estimate of drug-likeness (QED) is 0.502. The number of hydrogen-bond acceptors (Lipinski definition) is 2. The van der Waals surface area contributed by atoms with Gasteiger partial charge in [0.2, 0.25) is 0 Å². The van der Waals surface area contributed by atoms with Gasteiger partial charge in [0.15, 0.2) is 0 Å². The third kappa shape index (κ3) is 7.09. The predicted octanol–water partition coefficient (Wildman–Crippen LogP) is 2.56. The van der Waals surface area contributed by atoms with Crippen LogP contribution in [0.2, 0.25) is 0 Å². The summed E-state index contributed by atoms with van der Waals surface area (Å²) in [7, 11) is 1.59. The first kappa shape index (κ1) is 11.0. The first-order chi connectivity index (χ1) is 5.66. The second-order valence-corrected chi connectivity index (χ2v) is 2.77. The fourth-order valence-corrected chi connectivity index (χ4v) is 0.664. The zero-order valence-corrected chi connectivity index (χ0v) is 8.05. The third-order valence-electron chi connectivity index (χ3n) is 1.27. The summed E-state index contributed by atoms with van der Waals surface area (Å²) in [5.74, 6) is 0. The Bertz CT molecular complexity index is 192. The molecule has 0 rings (SSSR count). The molecule has 0 aromatic rings. The zero-order valence-electron chi connectivity index (χ0n) is 8.05. The number of nitrogens with one attached hydrogen (secondary N) is 1. The summed E-state index contributed by atoms with van der Waals surface area (Å²) in [5.41, 5.74) is 4.96. The molecule has 0 unspecified atom stereocenters. The largest absolute Gasteiger partial charge is 0.280 e. The van der Waals surface area contributed by atoms with Crippen LogP contribution < -0.4 is 5.48 Å². The standard InChI is InChI=1S/C10H17NO/c1-9(2)6-5-7-10(3)8-11-12-4/h5-6,8,11H,1,7H2,2-4H3. The van der Waals surface area contributed by atoms with Crippen LogP contribution in [0.3, 0.4) is 0 Å². The molecule has 0 bridgehead atoms. The van der Waals surface area contributed by atoms with E-state index in [-0.39, 0.29) is 0 Å². The Morgan fingerprint density at radius 3 is 2.67 bits per heavy atom. The summed E-state index contributed by atoms with van der Waals surface area (Å²) >= 11 is 0. The van der Waals surface area contributed by atoms with Crippen LogP contribution in [0.4, 0.5) is 0 Å². The van der Waals surface area contributed by atoms with Crippen LogP contribution in [0.15, 0.2) is 36.1 Å². The average molecular weight is 167 g/mol. The fraction of sp³-hybridized carbons (Fsp3) is 0.400. The van der Waals surface area contributed by atoms with Crippen LogP contribution in [0.5, 0.6) is 0 Å². The minimum Gasteiger partial charge on any atom is -0.280 e. The SMILES string of the molecule is C=C(C)C=CCC(C)=CNOC. The van der Waals surface area contributed by atoms with E-state index in [2.05, 4.69) is 23.0 Å². The van der Waals surface area contributed by atoms with E-state index in [1.165, 1.54) is 5.57 Å². The van der Waals surface area contributed by atoms with Crippen molar-refractivity contribution in [3.8, 4) is 0 Å². The minimum atomic E-state index is 0.920. The van der Waals surface area contributed by atoms with Gasteiger partial charge >= 0.3 is 0 Å². The zero-order chi connectivity index (χ0) is 9.40. The molecule has 0 heterocycles. The molecule has 0 aromatic carbocycles. The summed E-state index contributed by atoms with van der Waals surface area (Å²) in [6.45, 7) is 7.78. The summed E-state index contributed by atoms with van der Waals surface area (Å²) in [4.78, 5) is 4.67. The van der Waals surface area contributed by atoms with Gasteiger partial charge in [0, 0.05) is 6.20 Å². The number of hydroxylamine groups is 1. The van der Waals surface area contributed by atoms with Crippen LogP contribution >= 0.6 is 0 Å². The summed E-state index contributed by atoms with van der Waals surface area (Å²) < 4.78 is 0. The van der Waals surface area contributed by atoms with Gasteiger partial charge in [-0.05, 0) is 20.3 Å². The van der Waals surface area contributed by atoms with Crippen LogP contribution in [-0.4, -0.2) is 7.11 Å². The number of allylic oxidation sites excluding steroid dienone is 4. The van der Waals surface area contributed by atoms with Gasteiger partial charge in [-0.25, -0.2) is 0 Å². The van der Waals surface area contributed by atoms with Gasteiger partial charge in [0.1, 0.15) is 0 Å². The first-order valence-corrected chi connectivity index (χ1v) is 3.93. The minimum absolute atomic E-state index is 0.920. The molecule has 0 saturated heterocycles. The highest BCUT2D eigenvalue weighted by Gasteiger charge is 1.83. The average Bonchev–Trinajstić information content (AvgIpc) is 2.00. The Kier molecular flexibility index (Phi) is 6.11. The molecule has 0 saturated carbocycles. The smallest absolute Gasteiger partial charge is 0.0636 e. The lowest BCUT2D eigenvalue weighted by molar-refractivity contribution is 0.127. The molecule has 12 heavy (non-hydrogen) atoms. The normalized spacial score (nSPS) is 12.1. The molecule has 0 radical (unpaired) electrons. The Labute approximate surface area is 74.6 Å². The van der Waals surface area contributed by atoms with Crippen molar-refractivity contribution in [2.24, 2.45) is 0 Å². The van der Waals surface area contributed by atoms with Crippen molar-refractivity contribution in [1.82, 2.24) is 5.48 Å².